The van der Waals surface area contributed by atoms with Crippen LogP contribution >= 0.6 is 11.6 Å². The average Bonchev–Trinajstić information content (AvgIpc) is 2.26. The molecule has 1 aromatic rings. The Balaban J connectivity index is 2.45. The van der Waals surface area contributed by atoms with Gasteiger partial charge in [0.15, 0.2) is 5.78 Å². The molecule has 0 aromatic heterocycles. The number of carbonyl (C=O) groups excluding carboxylic acids is 1. The zero-order chi connectivity index (χ0) is 11.8. The lowest BCUT2D eigenvalue weighted by atomic mass is 9.69. The topological polar surface area (TPSA) is 37.3 Å². The Morgan fingerprint density at radius 1 is 1.44 bits per heavy atom. The second-order valence-corrected chi connectivity index (χ2v) is 4.99. The van der Waals surface area contributed by atoms with Gasteiger partial charge in [-0.05, 0) is 37.8 Å². The van der Waals surface area contributed by atoms with E-state index < -0.39 is 11.5 Å². The second kappa shape index (κ2) is 4.19. The van der Waals surface area contributed by atoms with Gasteiger partial charge < -0.3 is 5.11 Å². The fraction of sp³-hybridized carbons (Fsp3) is 0.462. The second-order valence-electron chi connectivity index (χ2n) is 4.58. The Kier molecular flexibility index (Phi) is 3.04. The lowest BCUT2D eigenvalue weighted by Crippen LogP contribution is -2.44. The molecule has 0 saturated heterocycles. The summed E-state index contributed by atoms with van der Waals surface area (Å²) in [4.78, 5) is 12.1. The van der Waals surface area contributed by atoms with Crippen molar-refractivity contribution < 1.29 is 9.90 Å². The number of rotatable bonds is 1. The molecule has 2 nitrogen and oxygen atoms in total. The van der Waals surface area contributed by atoms with Gasteiger partial charge in [-0.3, -0.25) is 4.79 Å². The van der Waals surface area contributed by atoms with Gasteiger partial charge >= 0.3 is 0 Å². The van der Waals surface area contributed by atoms with Crippen LogP contribution in [0, 0.1) is 0 Å². The summed E-state index contributed by atoms with van der Waals surface area (Å²) in [6, 6.07) is 7.38. The van der Waals surface area contributed by atoms with Crippen molar-refractivity contribution in [3.8, 4) is 0 Å². The number of carbonyl (C=O) groups is 1. The summed E-state index contributed by atoms with van der Waals surface area (Å²) in [6.07, 6.45) is 1.34. The molecule has 2 atom stereocenters. The number of aliphatic hydroxyl groups is 1. The normalized spacial score (nSPS) is 30.4. The zero-order valence-electron chi connectivity index (χ0n) is 9.24. The molecule has 0 amide bonds. The van der Waals surface area contributed by atoms with E-state index in [2.05, 4.69) is 0 Å². The van der Waals surface area contributed by atoms with Crippen LogP contribution in [0.5, 0.6) is 0 Å². The van der Waals surface area contributed by atoms with Gasteiger partial charge in [0.1, 0.15) is 6.10 Å². The Labute approximate surface area is 100 Å². The van der Waals surface area contributed by atoms with E-state index in [1.165, 1.54) is 0 Å². The first-order valence-electron chi connectivity index (χ1n) is 5.53. The van der Waals surface area contributed by atoms with Crippen LogP contribution in [-0.2, 0) is 10.2 Å². The monoisotopic (exact) mass is 238 g/mol. The molecule has 1 aliphatic carbocycles. The highest BCUT2D eigenvalue weighted by Gasteiger charge is 2.42. The molecule has 1 aromatic carbocycles. The van der Waals surface area contributed by atoms with Crippen LogP contribution in [0.15, 0.2) is 24.3 Å². The summed E-state index contributed by atoms with van der Waals surface area (Å²) in [5.41, 5.74) is 0.205. The summed E-state index contributed by atoms with van der Waals surface area (Å²) < 4.78 is 0. The van der Waals surface area contributed by atoms with E-state index in [1.54, 1.807) is 6.07 Å². The van der Waals surface area contributed by atoms with Crippen molar-refractivity contribution in [1.82, 2.24) is 0 Å². The van der Waals surface area contributed by atoms with Crippen LogP contribution in [0.4, 0.5) is 0 Å². The van der Waals surface area contributed by atoms with Crippen LogP contribution in [0.1, 0.15) is 31.7 Å². The number of hydrogen-bond acceptors (Lipinski definition) is 2. The lowest BCUT2D eigenvalue weighted by Gasteiger charge is -2.35. The molecule has 0 unspecified atom stereocenters. The van der Waals surface area contributed by atoms with Crippen LogP contribution in [0.25, 0.3) is 0 Å². The minimum absolute atomic E-state index is 0.105. The molecule has 16 heavy (non-hydrogen) atoms. The van der Waals surface area contributed by atoms with E-state index >= 15 is 0 Å². The lowest BCUT2D eigenvalue weighted by molar-refractivity contribution is -0.135. The van der Waals surface area contributed by atoms with Crippen molar-refractivity contribution in [2.75, 3.05) is 0 Å². The highest BCUT2D eigenvalue weighted by molar-refractivity contribution is 6.31. The number of aliphatic hydroxyl groups excluding tert-OH is 1. The van der Waals surface area contributed by atoms with Crippen molar-refractivity contribution in [1.29, 1.82) is 0 Å². The summed E-state index contributed by atoms with van der Waals surface area (Å²) in [7, 11) is 0. The van der Waals surface area contributed by atoms with Gasteiger partial charge in [0.05, 0.1) is 5.41 Å². The molecule has 1 fully saturated rings. The third kappa shape index (κ3) is 1.76. The van der Waals surface area contributed by atoms with Crippen molar-refractivity contribution in [2.45, 2.75) is 37.7 Å². The largest absolute Gasteiger partial charge is 0.385 e. The Morgan fingerprint density at radius 3 is 2.81 bits per heavy atom. The predicted molar refractivity (Wildman–Crippen MR) is 63.7 cm³/mol. The fourth-order valence-corrected chi connectivity index (χ4v) is 2.79. The van der Waals surface area contributed by atoms with E-state index in [4.69, 9.17) is 11.6 Å². The minimum Gasteiger partial charge on any atom is -0.385 e. The summed E-state index contributed by atoms with van der Waals surface area (Å²) in [5.74, 6) is -0.105. The molecular weight excluding hydrogens is 224 g/mol. The summed E-state index contributed by atoms with van der Waals surface area (Å²) >= 11 is 6.13. The number of halogens is 1. The van der Waals surface area contributed by atoms with Gasteiger partial charge in [-0.1, -0.05) is 29.8 Å². The van der Waals surface area contributed by atoms with Crippen molar-refractivity contribution in [2.24, 2.45) is 0 Å². The van der Waals surface area contributed by atoms with E-state index in [1.807, 2.05) is 25.1 Å². The molecule has 1 aliphatic rings. The molecule has 86 valence electrons. The smallest absolute Gasteiger partial charge is 0.171 e. The van der Waals surface area contributed by atoms with Crippen LogP contribution < -0.4 is 0 Å². The number of ketones is 1. The molecule has 2 rings (SSSR count). The van der Waals surface area contributed by atoms with E-state index in [0.717, 1.165) is 18.4 Å². The van der Waals surface area contributed by atoms with Crippen molar-refractivity contribution in [3.63, 3.8) is 0 Å². The van der Waals surface area contributed by atoms with Crippen LogP contribution in [0.3, 0.4) is 0 Å². The predicted octanol–water partition coefficient (Wildman–Crippen LogP) is 2.71. The number of hydrogen-bond donors (Lipinski definition) is 1. The average molecular weight is 239 g/mol. The first-order chi connectivity index (χ1) is 7.55. The molecule has 0 spiro atoms. The highest BCUT2D eigenvalue weighted by Crippen LogP contribution is 2.39. The molecular formula is C13H15ClO2. The van der Waals surface area contributed by atoms with Gasteiger partial charge in [-0.2, -0.15) is 0 Å². The van der Waals surface area contributed by atoms with Gasteiger partial charge in [0, 0.05) is 5.02 Å². The Bertz CT molecular complexity index is 416. The third-order valence-corrected chi connectivity index (χ3v) is 3.80. The first kappa shape index (κ1) is 11.6. The van der Waals surface area contributed by atoms with E-state index in [9.17, 15) is 9.90 Å². The van der Waals surface area contributed by atoms with Crippen LogP contribution in [-0.4, -0.2) is 17.0 Å². The Hall–Kier alpha value is -0.860. The van der Waals surface area contributed by atoms with Crippen molar-refractivity contribution >= 4 is 17.4 Å². The third-order valence-electron chi connectivity index (χ3n) is 3.47. The molecule has 0 aliphatic heterocycles. The van der Waals surface area contributed by atoms with Gasteiger partial charge in [0.2, 0.25) is 0 Å². The SMILES string of the molecule is C[C@@]1(c2ccccc2Cl)CCC[C@@H](O)C1=O. The van der Waals surface area contributed by atoms with Gasteiger partial charge in [0.25, 0.3) is 0 Å². The maximum absolute atomic E-state index is 12.1. The Morgan fingerprint density at radius 2 is 2.12 bits per heavy atom. The maximum atomic E-state index is 12.1. The highest BCUT2D eigenvalue weighted by atomic mass is 35.5. The number of Topliss-reactive ketones (excluding diaryl/α,β-unsaturated/α-hetero) is 1. The first-order valence-corrected chi connectivity index (χ1v) is 5.91. The van der Waals surface area contributed by atoms with Gasteiger partial charge in [-0.25, -0.2) is 0 Å². The van der Waals surface area contributed by atoms with E-state index in [-0.39, 0.29) is 5.78 Å². The zero-order valence-corrected chi connectivity index (χ0v) is 10.00. The van der Waals surface area contributed by atoms with E-state index in [0.29, 0.717) is 11.4 Å². The molecule has 0 heterocycles. The maximum Gasteiger partial charge on any atom is 0.171 e. The minimum atomic E-state index is -0.838. The number of benzene rings is 1. The van der Waals surface area contributed by atoms with Crippen molar-refractivity contribution in [3.05, 3.63) is 34.9 Å². The standard InChI is InChI=1S/C13H15ClO2/c1-13(8-4-7-11(15)12(13)16)9-5-2-3-6-10(9)14/h2-3,5-6,11,15H,4,7-8H2,1H3/t11-,13+/m1/s1. The molecule has 3 heteroatoms. The molecule has 0 bridgehead atoms. The molecule has 0 radical (unpaired) electrons. The quantitative estimate of drug-likeness (QED) is 0.817. The van der Waals surface area contributed by atoms with Gasteiger partial charge in [-0.15, -0.1) is 0 Å². The molecule has 1 N–H and O–H groups in total. The molecule has 1 saturated carbocycles. The summed E-state index contributed by atoms with van der Waals surface area (Å²) in [6.45, 7) is 1.87. The van der Waals surface area contributed by atoms with Crippen LogP contribution in [0.2, 0.25) is 5.02 Å². The summed E-state index contributed by atoms with van der Waals surface area (Å²) in [5, 5.41) is 10.3. The fourth-order valence-electron chi connectivity index (χ4n) is 2.45.